The zero-order chi connectivity index (χ0) is 15.2. The maximum atomic E-state index is 13.8. The SMILES string of the molecule is CCOP(=O)(OCC)C(Nc1ccccc1)C(C)(F)F. The van der Waals surface area contributed by atoms with E-state index in [1.165, 1.54) is 0 Å². The van der Waals surface area contributed by atoms with Crippen molar-refractivity contribution >= 4 is 13.3 Å². The van der Waals surface area contributed by atoms with Crippen LogP contribution in [0.15, 0.2) is 30.3 Å². The second kappa shape index (κ2) is 7.16. The van der Waals surface area contributed by atoms with Gasteiger partial charge in [-0.05, 0) is 26.0 Å². The van der Waals surface area contributed by atoms with E-state index in [0.29, 0.717) is 12.6 Å². The Morgan fingerprint density at radius 3 is 2.10 bits per heavy atom. The molecule has 0 aliphatic rings. The Labute approximate surface area is 118 Å². The first-order chi connectivity index (χ1) is 9.33. The highest BCUT2D eigenvalue weighted by molar-refractivity contribution is 7.54. The van der Waals surface area contributed by atoms with E-state index in [2.05, 4.69) is 5.32 Å². The van der Waals surface area contributed by atoms with E-state index < -0.39 is 19.3 Å². The Bertz CT molecular complexity index is 441. The van der Waals surface area contributed by atoms with Crippen LogP contribution in [0, 0.1) is 0 Å². The van der Waals surface area contributed by atoms with Crippen molar-refractivity contribution in [3.63, 3.8) is 0 Å². The number of halogens is 2. The van der Waals surface area contributed by atoms with Crippen molar-refractivity contribution in [2.24, 2.45) is 0 Å². The third-order valence-electron chi connectivity index (χ3n) is 2.49. The van der Waals surface area contributed by atoms with E-state index in [9.17, 15) is 13.3 Å². The highest BCUT2D eigenvalue weighted by atomic mass is 31.2. The van der Waals surface area contributed by atoms with Gasteiger partial charge < -0.3 is 14.4 Å². The number of benzene rings is 1. The highest BCUT2D eigenvalue weighted by Gasteiger charge is 2.50. The zero-order valence-corrected chi connectivity index (χ0v) is 12.7. The van der Waals surface area contributed by atoms with Gasteiger partial charge in [0.1, 0.15) is 0 Å². The number of para-hydroxylation sites is 1. The van der Waals surface area contributed by atoms with E-state index in [4.69, 9.17) is 9.05 Å². The molecule has 1 rings (SSSR count). The molecule has 0 aromatic heterocycles. The van der Waals surface area contributed by atoms with Gasteiger partial charge in [-0.1, -0.05) is 18.2 Å². The topological polar surface area (TPSA) is 47.6 Å². The molecule has 0 saturated heterocycles. The minimum absolute atomic E-state index is 0.0281. The molecule has 0 bridgehead atoms. The predicted octanol–water partition coefficient (Wildman–Crippen LogP) is 4.35. The summed E-state index contributed by atoms with van der Waals surface area (Å²) in [6.07, 6.45) is 0. The van der Waals surface area contributed by atoms with Gasteiger partial charge in [0.2, 0.25) is 0 Å². The molecule has 0 heterocycles. The summed E-state index contributed by atoms with van der Waals surface area (Å²) in [5.74, 6) is -5.01. The van der Waals surface area contributed by atoms with Gasteiger partial charge in [-0.2, -0.15) is 0 Å². The van der Waals surface area contributed by atoms with Crippen LogP contribution in [0.5, 0.6) is 0 Å². The van der Waals surface area contributed by atoms with Crippen LogP contribution in [-0.2, 0) is 13.6 Å². The van der Waals surface area contributed by atoms with Gasteiger partial charge in [0.05, 0.1) is 13.2 Å². The van der Waals surface area contributed by atoms with Crippen molar-refractivity contribution in [1.29, 1.82) is 0 Å². The average Bonchev–Trinajstić information content (AvgIpc) is 2.36. The monoisotopic (exact) mass is 307 g/mol. The number of anilines is 1. The van der Waals surface area contributed by atoms with Gasteiger partial charge in [0.15, 0.2) is 5.78 Å². The van der Waals surface area contributed by atoms with Gasteiger partial charge in [-0.15, -0.1) is 0 Å². The molecule has 0 spiro atoms. The normalized spacial score (nSPS) is 14.1. The molecule has 114 valence electrons. The molecule has 7 heteroatoms. The van der Waals surface area contributed by atoms with Gasteiger partial charge >= 0.3 is 7.60 Å². The molecule has 1 N–H and O–H groups in total. The van der Waals surface area contributed by atoms with Crippen molar-refractivity contribution in [2.75, 3.05) is 18.5 Å². The average molecular weight is 307 g/mol. The lowest BCUT2D eigenvalue weighted by atomic mass is 10.3. The van der Waals surface area contributed by atoms with Crippen LogP contribution in [-0.4, -0.2) is 24.9 Å². The van der Waals surface area contributed by atoms with E-state index in [1.807, 2.05) is 0 Å². The molecule has 4 nitrogen and oxygen atoms in total. The molecule has 0 amide bonds. The number of hydrogen-bond acceptors (Lipinski definition) is 4. The first-order valence-corrected chi connectivity index (χ1v) is 8.03. The molecule has 1 atom stereocenters. The standard InChI is InChI=1S/C13H20F2NO3P/c1-4-18-20(17,19-5-2)12(13(3,14)15)16-11-9-7-6-8-10-11/h6-10,12,16H,4-5H2,1-3H3. The maximum Gasteiger partial charge on any atom is 0.358 e. The molecular weight excluding hydrogens is 287 g/mol. The Morgan fingerprint density at radius 2 is 1.70 bits per heavy atom. The lowest BCUT2D eigenvalue weighted by Gasteiger charge is -2.31. The summed E-state index contributed by atoms with van der Waals surface area (Å²) < 4.78 is 50.3. The fourth-order valence-electron chi connectivity index (χ4n) is 1.72. The summed E-state index contributed by atoms with van der Waals surface area (Å²) in [5.41, 5.74) is 0.429. The van der Waals surface area contributed by atoms with Crippen LogP contribution < -0.4 is 5.32 Å². The largest absolute Gasteiger partial charge is 0.367 e. The third kappa shape index (κ3) is 4.54. The van der Waals surface area contributed by atoms with Gasteiger partial charge in [0, 0.05) is 12.6 Å². The van der Waals surface area contributed by atoms with Crippen LogP contribution in [0.1, 0.15) is 20.8 Å². The Hall–Kier alpha value is -0.970. The molecule has 20 heavy (non-hydrogen) atoms. The minimum Gasteiger partial charge on any atom is -0.367 e. The Morgan fingerprint density at radius 1 is 1.20 bits per heavy atom. The van der Waals surface area contributed by atoms with Crippen LogP contribution >= 0.6 is 7.60 Å². The van der Waals surface area contributed by atoms with Crippen molar-refractivity contribution in [2.45, 2.75) is 32.5 Å². The fourth-order valence-corrected chi connectivity index (χ4v) is 3.68. The van der Waals surface area contributed by atoms with E-state index in [0.717, 1.165) is 0 Å². The van der Waals surface area contributed by atoms with Crippen molar-refractivity contribution in [3.8, 4) is 0 Å². The fraction of sp³-hybridized carbons (Fsp3) is 0.538. The molecule has 1 aromatic rings. The van der Waals surface area contributed by atoms with E-state index in [-0.39, 0.29) is 13.2 Å². The maximum absolute atomic E-state index is 13.8. The van der Waals surface area contributed by atoms with E-state index >= 15 is 0 Å². The highest BCUT2D eigenvalue weighted by Crippen LogP contribution is 2.57. The van der Waals surface area contributed by atoms with Crippen LogP contribution in [0.4, 0.5) is 14.5 Å². The number of rotatable bonds is 8. The van der Waals surface area contributed by atoms with Crippen LogP contribution in [0.2, 0.25) is 0 Å². The first-order valence-electron chi connectivity index (χ1n) is 6.41. The molecule has 0 aliphatic heterocycles. The lowest BCUT2D eigenvalue weighted by Crippen LogP contribution is -2.38. The minimum atomic E-state index is -3.98. The third-order valence-corrected chi connectivity index (χ3v) is 4.94. The quantitative estimate of drug-likeness (QED) is 0.726. The molecule has 0 radical (unpaired) electrons. The summed E-state index contributed by atoms with van der Waals surface area (Å²) in [6.45, 7) is 3.91. The van der Waals surface area contributed by atoms with Crippen molar-refractivity contribution < 1.29 is 22.4 Å². The van der Waals surface area contributed by atoms with Crippen LogP contribution in [0.25, 0.3) is 0 Å². The first kappa shape index (κ1) is 17.1. The molecule has 1 aromatic carbocycles. The zero-order valence-electron chi connectivity index (χ0n) is 11.8. The van der Waals surface area contributed by atoms with Gasteiger partial charge in [0.25, 0.3) is 5.92 Å². The summed E-state index contributed by atoms with van der Waals surface area (Å²) in [7, 11) is -3.98. The summed E-state index contributed by atoms with van der Waals surface area (Å²) in [5, 5.41) is 2.57. The summed E-state index contributed by atoms with van der Waals surface area (Å²) in [4.78, 5) is 0. The molecular formula is C13H20F2NO3P. The number of nitrogens with one attached hydrogen (secondary N) is 1. The second-order valence-electron chi connectivity index (χ2n) is 4.24. The van der Waals surface area contributed by atoms with Gasteiger partial charge in [-0.25, -0.2) is 8.78 Å². The molecule has 0 aliphatic carbocycles. The second-order valence-corrected chi connectivity index (χ2v) is 6.36. The Kier molecular flexibility index (Phi) is 6.11. The van der Waals surface area contributed by atoms with Crippen molar-refractivity contribution in [3.05, 3.63) is 30.3 Å². The molecule has 1 unspecified atom stereocenters. The predicted molar refractivity (Wildman–Crippen MR) is 75.3 cm³/mol. The summed E-state index contributed by atoms with van der Waals surface area (Å²) >= 11 is 0. The number of hydrogen-bond donors (Lipinski definition) is 1. The van der Waals surface area contributed by atoms with Crippen molar-refractivity contribution in [1.82, 2.24) is 0 Å². The smallest absolute Gasteiger partial charge is 0.358 e. The van der Waals surface area contributed by atoms with Crippen LogP contribution in [0.3, 0.4) is 0 Å². The Balaban J connectivity index is 3.08. The molecule has 0 fully saturated rings. The summed E-state index contributed by atoms with van der Waals surface area (Å²) in [6, 6.07) is 8.37. The molecule has 0 saturated carbocycles. The van der Waals surface area contributed by atoms with Gasteiger partial charge in [-0.3, -0.25) is 4.57 Å². The van der Waals surface area contributed by atoms with E-state index in [1.54, 1.807) is 44.2 Å². The lowest BCUT2D eigenvalue weighted by molar-refractivity contribution is 0.0136. The number of alkyl halides is 2.